The Bertz CT molecular complexity index is 1410. The highest BCUT2D eigenvalue weighted by atomic mass is 31.2. The predicted octanol–water partition coefficient (Wildman–Crippen LogP) is 7.61. The van der Waals surface area contributed by atoms with Crippen LogP contribution in [0.15, 0.2) is 17.1 Å². The van der Waals surface area contributed by atoms with E-state index in [2.05, 4.69) is 11.9 Å². The Morgan fingerprint density at radius 1 is 0.852 bits per heavy atom. The van der Waals surface area contributed by atoms with Gasteiger partial charge in [-0.2, -0.15) is 13.8 Å². The monoisotopic (exact) mass is 795 g/mol. The Hall–Kier alpha value is -2.98. The summed E-state index contributed by atoms with van der Waals surface area (Å²) in [6.45, 7) is 10.0. The number of nitrogen functional groups attached to an aromatic ring is 1. The number of hydrogen-bond donors (Lipinski definition) is 1. The van der Waals surface area contributed by atoms with Gasteiger partial charge in [0.25, 0.3) is 0 Å². The number of hydrogen-bond acceptors (Lipinski definition) is 14. The number of aromatic nitrogens is 2. The highest BCUT2D eigenvalue weighted by Gasteiger charge is 2.63. The van der Waals surface area contributed by atoms with E-state index in [-0.39, 0.29) is 25.1 Å². The van der Waals surface area contributed by atoms with Gasteiger partial charge in [-0.1, -0.05) is 106 Å². The van der Waals surface area contributed by atoms with Crippen LogP contribution in [0.1, 0.15) is 138 Å². The fourth-order valence-corrected chi connectivity index (χ4v) is 6.28. The van der Waals surface area contributed by atoms with Gasteiger partial charge < -0.3 is 24.7 Å². The molecule has 1 fully saturated rings. The number of halogens is 2. The van der Waals surface area contributed by atoms with Crippen LogP contribution < -0.4 is 11.4 Å². The average Bonchev–Trinajstić information content (AvgIpc) is 3.27. The minimum absolute atomic E-state index is 0.0231. The number of unbranched alkanes of at least 4 members (excludes halogenated alkanes) is 9. The molecule has 3 atom stereocenters. The second kappa shape index (κ2) is 21.9. The second-order valence-electron chi connectivity index (χ2n) is 15.8. The topological polar surface area (TPSA) is 194 Å². The van der Waals surface area contributed by atoms with Gasteiger partial charge in [-0.15, -0.1) is 0 Å². The van der Waals surface area contributed by atoms with Crippen molar-refractivity contribution < 1.29 is 60.2 Å². The maximum atomic E-state index is 16.0. The normalized spacial score (nSPS) is 18.7. The van der Waals surface area contributed by atoms with Gasteiger partial charge in [0.2, 0.25) is 19.8 Å². The van der Waals surface area contributed by atoms with E-state index in [1.165, 1.54) is 25.7 Å². The third kappa shape index (κ3) is 17.7. The number of carbonyl (C=O) groups is 3. The molecule has 0 amide bonds. The Balaban J connectivity index is 2.18. The number of esters is 3. The lowest BCUT2D eigenvalue weighted by atomic mass is 9.92. The molecule has 54 heavy (non-hydrogen) atoms. The molecule has 1 aliphatic heterocycles. The lowest BCUT2D eigenvalue weighted by Crippen LogP contribution is -2.44. The third-order valence-corrected chi connectivity index (χ3v) is 9.36. The molecule has 0 bridgehead atoms. The number of phosphoric ester groups is 1. The second-order valence-corrected chi connectivity index (χ2v) is 17.5. The molecule has 310 valence electrons. The van der Waals surface area contributed by atoms with E-state index in [1.54, 1.807) is 41.5 Å². The van der Waals surface area contributed by atoms with Crippen LogP contribution >= 0.6 is 7.82 Å². The van der Waals surface area contributed by atoms with Crippen molar-refractivity contribution in [2.75, 3.05) is 25.9 Å². The summed E-state index contributed by atoms with van der Waals surface area (Å²) in [5, 5.41) is 0. The van der Waals surface area contributed by atoms with Crippen molar-refractivity contribution >= 4 is 31.5 Å². The van der Waals surface area contributed by atoms with Crippen molar-refractivity contribution in [1.82, 2.24) is 9.55 Å². The van der Waals surface area contributed by atoms with Gasteiger partial charge in [0.1, 0.15) is 11.9 Å². The molecule has 0 saturated carbocycles. The molecule has 0 aromatic carbocycles. The summed E-state index contributed by atoms with van der Waals surface area (Å²) in [5.41, 5.74) is 3.48. The molecule has 1 aromatic rings. The fourth-order valence-electron chi connectivity index (χ4n) is 5.37. The summed E-state index contributed by atoms with van der Waals surface area (Å²) in [6, 6.07) is 1.11. The summed E-state index contributed by atoms with van der Waals surface area (Å²) < 4.78 is 82.6. The van der Waals surface area contributed by atoms with Crippen LogP contribution in [0.25, 0.3) is 0 Å². The molecule has 1 aromatic heterocycles. The molecule has 1 saturated heterocycles. The van der Waals surface area contributed by atoms with Crippen molar-refractivity contribution in [3.05, 3.63) is 22.7 Å². The number of rotatable bonds is 24. The van der Waals surface area contributed by atoms with E-state index in [0.717, 1.165) is 37.9 Å². The molecule has 0 aliphatic carbocycles. The first-order valence-corrected chi connectivity index (χ1v) is 20.0. The first-order chi connectivity index (χ1) is 25.2. The average molecular weight is 796 g/mol. The Labute approximate surface area is 316 Å². The minimum Gasteiger partial charge on any atom is -0.453 e. The summed E-state index contributed by atoms with van der Waals surface area (Å²) in [7, 11) is -4.85. The highest BCUT2D eigenvalue weighted by molar-refractivity contribution is 7.48. The Morgan fingerprint density at radius 3 is 1.83 bits per heavy atom. The molecular weight excluding hydrogens is 735 g/mol. The van der Waals surface area contributed by atoms with Crippen molar-refractivity contribution in [3.8, 4) is 0 Å². The Morgan fingerprint density at radius 2 is 1.35 bits per heavy atom. The SMILES string of the molecule is CCCCCCCCCCCCC(=O)O[C@@H]1[C@@H](COP(=O)(OCOC(=O)CC(C)(C)C)OCOC(=O)CC(C)(C)C)O[C@@H](n2ccc(N)nc2=O)C1(F)F. The van der Waals surface area contributed by atoms with Crippen LogP contribution in [-0.4, -0.2) is 65.8 Å². The van der Waals surface area contributed by atoms with E-state index in [4.69, 9.17) is 38.3 Å². The molecule has 0 spiro atoms. The van der Waals surface area contributed by atoms with E-state index in [1.807, 2.05) is 0 Å². The number of nitrogens with zero attached hydrogens (tertiary/aromatic N) is 2. The highest BCUT2D eigenvalue weighted by Crippen LogP contribution is 2.51. The summed E-state index contributed by atoms with van der Waals surface area (Å²) >= 11 is 0. The molecule has 2 heterocycles. The van der Waals surface area contributed by atoms with Crippen LogP contribution in [0, 0.1) is 10.8 Å². The summed E-state index contributed by atoms with van der Waals surface area (Å²) in [5.74, 6) is -6.60. The number of nitrogens with two attached hydrogens (primary N) is 1. The van der Waals surface area contributed by atoms with Gasteiger partial charge in [0, 0.05) is 12.6 Å². The number of carbonyl (C=O) groups excluding carboxylic acids is 3. The van der Waals surface area contributed by atoms with E-state index in [9.17, 15) is 23.7 Å². The molecule has 2 rings (SSSR count). The molecular formula is C36H60F2N3O12P. The molecule has 15 nitrogen and oxygen atoms in total. The van der Waals surface area contributed by atoms with Crippen molar-refractivity contribution in [1.29, 1.82) is 0 Å². The van der Waals surface area contributed by atoms with Crippen LogP contribution in [-0.2, 0) is 51.5 Å². The molecule has 18 heteroatoms. The Kier molecular flexibility index (Phi) is 19.2. The van der Waals surface area contributed by atoms with E-state index >= 15 is 8.78 Å². The first-order valence-electron chi connectivity index (χ1n) is 18.6. The minimum atomic E-state index is -4.85. The zero-order valence-corrected chi connectivity index (χ0v) is 33.7. The van der Waals surface area contributed by atoms with Crippen LogP contribution in [0.4, 0.5) is 14.6 Å². The van der Waals surface area contributed by atoms with Gasteiger partial charge in [0.05, 0.1) is 19.4 Å². The van der Waals surface area contributed by atoms with Crippen molar-refractivity contribution in [3.63, 3.8) is 0 Å². The van der Waals surface area contributed by atoms with E-state index in [0.29, 0.717) is 17.4 Å². The van der Waals surface area contributed by atoms with Gasteiger partial charge in [-0.3, -0.25) is 23.5 Å². The van der Waals surface area contributed by atoms with Crippen molar-refractivity contribution in [2.24, 2.45) is 10.8 Å². The van der Waals surface area contributed by atoms with Crippen LogP contribution in [0.3, 0.4) is 0 Å². The van der Waals surface area contributed by atoms with Crippen LogP contribution in [0.5, 0.6) is 0 Å². The molecule has 2 N–H and O–H groups in total. The zero-order valence-electron chi connectivity index (χ0n) is 32.8. The molecule has 0 unspecified atom stereocenters. The standard InChI is InChI=1S/C36H60F2N3O12P/c1-8-9-10-11-12-13-14-15-16-17-18-28(42)53-31-26(52-32(36(31,37)38)41-20-19-27(39)40-33(41)45)23-49-54(46,50-24-47-29(43)21-34(2,3)4)51-25-48-30(44)22-35(5,6)7/h19-20,26,31-32H,8-18,21-25H2,1-7H3,(H2,39,40,45)/t26-,31-,32-/m1/s1. The maximum Gasteiger partial charge on any atom is 0.480 e. The first kappa shape index (κ1) is 47.2. The number of alkyl halides is 2. The molecule has 0 radical (unpaired) electrons. The van der Waals surface area contributed by atoms with Gasteiger partial charge in [-0.05, 0) is 23.3 Å². The van der Waals surface area contributed by atoms with Gasteiger partial charge in [0.15, 0.2) is 6.10 Å². The largest absolute Gasteiger partial charge is 0.480 e. The quantitative estimate of drug-likeness (QED) is 0.0353. The summed E-state index contributed by atoms with van der Waals surface area (Å²) in [6.07, 6.45) is 4.24. The fraction of sp³-hybridized carbons (Fsp3) is 0.806. The molecule has 1 aliphatic rings. The van der Waals surface area contributed by atoms with Crippen molar-refractivity contribution in [2.45, 2.75) is 156 Å². The number of ether oxygens (including phenoxy) is 4. The number of anilines is 1. The smallest absolute Gasteiger partial charge is 0.453 e. The van der Waals surface area contributed by atoms with Gasteiger partial charge >= 0.3 is 37.3 Å². The van der Waals surface area contributed by atoms with E-state index < -0.39 is 86.8 Å². The lowest BCUT2D eigenvalue weighted by molar-refractivity contribution is -0.176. The third-order valence-electron chi connectivity index (χ3n) is 8.05. The predicted molar refractivity (Wildman–Crippen MR) is 194 cm³/mol. The maximum absolute atomic E-state index is 16.0. The van der Waals surface area contributed by atoms with Crippen LogP contribution in [0.2, 0.25) is 0 Å². The zero-order chi connectivity index (χ0) is 40.6. The van der Waals surface area contributed by atoms with Gasteiger partial charge in [-0.25, -0.2) is 18.4 Å². The lowest BCUT2D eigenvalue weighted by Gasteiger charge is -2.25. The summed E-state index contributed by atoms with van der Waals surface area (Å²) in [4.78, 5) is 53.4. The number of phosphoric acid groups is 1.